The Morgan fingerprint density at radius 3 is 2.36 bits per heavy atom. The second-order valence-corrected chi connectivity index (χ2v) is 6.78. The monoisotopic (exact) mass is 356 g/mol. The summed E-state index contributed by atoms with van der Waals surface area (Å²) >= 11 is 5.87. The summed E-state index contributed by atoms with van der Waals surface area (Å²) in [5.74, 6) is 0.0369. The molecule has 0 spiro atoms. The number of nitrogens with zero attached hydrogens (tertiary/aromatic N) is 2. The van der Waals surface area contributed by atoms with Gasteiger partial charge in [0.2, 0.25) is 0 Å². The van der Waals surface area contributed by atoms with E-state index in [1.54, 1.807) is 41.4 Å². The van der Waals surface area contributed by atoms with Gasteiger partial charge in [0.1, 0.15) is 5.69 Å². The molecular formula is C20H21ClN2O2. The highest BCUT2D eigenvalue weighted by Gasteiger charge is 2.28. The third-order valence-electron chi connectivity index (χ3n) is 4.73. The Labute approximate surface area is 152 Å². The minimum atomic E-state index is -0.0555. The number of carbonyl (C=O) groups is 2. The van der Waals surface area contributed by atoms with Crippen molar-refractivity contribution in [1.29, 1.82) is 0 Å². The fraction of sp³-hybridized carbons (Fsp3) is 0.350. The van der Waals surface area contributed by atoms with E-state index in [1.165, 1.54) is 0 Å². The van der Waals surface area contributed by atoms with Crippen LogP contribution in [-0.2, 0) is 6.42 Å². The number of pyridine rings is 1. The van der Waals surface area contributed by atoms with Crippen LogP contribution in [-0.4, -0.2) is 34.7 Å². The molecule has 1 fully saturated rings. The third-order valence-corrected chi connectivity index (χ3v) is 4.99. The molecule has 0 atom stereocenters. The molecular weight excluding hydrogens is 336 g/mol. The highest BCUT2D eigenvalue weighted by atomic mass is 35.5. The fourth-order valence-electron chi connectivity index (χ4n) is 3.12. The molecule has 0 N–H and O–H groups in total. The Balaban J connectivity index is 1.60. The fourth-order valence-corrected chi connectivity index (χ4v) is 3.24. The molecule has 0 radical (unpaired) electrons. The molecule has 4 nitrogen and oxygen atoms in total. The van der Waals surface area contributed by atoms with Crippen molar-refractivity contribution in [2.24, 2.45) is 5.92 Å². The van der Waals surface area contributed by atoms with E-state index >= 15 is 0 Å². The Kier molecular flexibility index (Phi) is 5.49. The SMILES string of the molecule is CCc1ccc(C(=O)N2CCC(C(=O)c3ccc(Cl)cc3)CC2)nc1. The van der Waals surface area contributed by atoms with E-state index in [0.717, 1.165) is 12.0 Å². The molecule has 1 aliphatic heterocycles. The zero-order valence-electron chi connectivity index (χ0n) is 14.2. The highest BCUT2D eigenvalue weighted by Crippen LogP contribution is 2.23. The van der Waals surface area contributed by atoms with E-state index < -0.39 is 0 Å². The summed E-state index contributed by atoms with van der Waals surface area (Å²) in [6.07, 6.45) is 4.02. The van der Waals surface area contributed by atoms with Gasteiger partial charge in [0.05, 0.1) is 0 Å². The summed E-state index contributed by atoms with van der Waals surface area (Å²) in [6.45, 7) is 3.22. The van der Waals surface area contributed by atoms with Crippen LogP contribution in [0.2, 0.25) is 5.02 Å². The summed E-state index contributed by atoms with van der Waals surface area (Å²) < 4.78 is 0. The van der Waals surface area contributed by atoms with Gasteiger partial charge in [0, 0.05) is 35.8 Å². The van der Waals surface area contributed by atoms with Gasteiger partial charge in [0.15, 0.2) is 5.78 Å². The first kappa shape index (κ1) is 17.6. The van der Waals surface area contributed by atoms with Crippen molar-refractivity contribution in [3.63, 3.8) is 0 Å². The standard InChI is InChI=1S/C20H21ClN2O2/c1-2-14-3-8-18(22-13-14)20(25)23-11-9-16(10-12-23)19(24)15-4-6-17(21)7-5-15/h3-8,13,16H,2,9-12H2,1H3. The lowest BCUT2D eigenvalue weighted by atomic mass is 9.89. The van der Waals surface area contributed by atoms with Gasteiger partial charge in [-0.25, -0.2) is 0 Å². The molecule has 1 amide bonds. The largest absolute Gasteiger partial charge is 0.337 e. The van der Waals surface area contributed by atoms with Gasteiger partial charge in [-0.2, -0.15) is 0 Å². The maximum Gasteiger partial charge on any atom is 0.272 e. The Bertz CT molecular complexity index is 748. The smallest absolute Gasteiger partial charge is 0.272 e. The molecule has 0 aliphatic carbocycles. The molecule has 25 heavy (non-hydrogen) atoms. The summed E-state index contributed by atoms with van der Waals surface area (Å²) in [5, 5.41) is 0.624. The minimum absolute atomic E-state index is 0.0411. The average Bonchev–Trinajstić information content (AvgIpc) is 2.67. The number of hydrogen-bond acceptors (Lipinski definition) is 3. The van der Waals surface area contributed by atoms with E-state index in [1.807, 2.05) is 6.07 Å². The first-order chi connectivity index (χ1) is 12.1. The van der Waals surface area contributed by atoms with Crippen molar-refractivity contribution >= 4 is 23.3 Å². The van der Waals surface area contributed by atoms with Gasteiger partial charge >= 0.3 is 0 Å². The number of rotatable bonds is 4. The van der Waals surface area contributed by atoms with Crippen molar-refractivity contribution in [1.82, 2.24) is 9.88 Å². The number of hydrogen-bond donors (Lipinski definition) is 0. The maximum atomic E-state index is 12.6. The number of halogens is 1. The van der Waals surface area contributed by atoms with E-state index in [0.29, 0.717) is 42.2 Å². The summed E-state index contributed by atoms with van der Waals surface area (Å²) in [4.78, 5) is 31.2. The topological polar surface area (TPSA) is 50.3 Å². The van der Waals surface area contributed by atoms with Gasteiger partial charge in [-0.15, -0.1) is 0 Å². The summed E-state index contributed by atoms with van der Waals surface area (Å²) in [5.41, 5.74) is 2.27. The summed E-state index contributed by atoms with van der Waals surface area (Å²) in [6, 6.07) is 10.7. The molecule has 0 saturated carbocycles. The molecule has 2 aromatic rings. The van der Waals surface area contributed by atoms with E-state index in [2.05, 4.69) is 11.9 Å². The molecule has 130 valence electrons. The van der Waals surface area contributed by atoms with Crippen molar-refractivity contribution in [2.45, 2.75) is 26.2 Å². The molecule has 1 aromatic heterocycles. The van der Waals surface area contributed by atoms with Gasteiger partial charge < -0.3 is 4.90 Å². The molecule has 0 unspecified atom stereocenters. The van der Waals surface area contributed by atoms with Crippen molar-refractivity contribution in [3.8, 4) is 0 Å². The zero-order chi connectivity index (χ0) is 17.8. The number of carbonyl (C=O) groups excluding carboxylic acids is 2. The van der Waals surface area contributed by atoms with Crippen LogP contribution in [0.5, 0.6) is 0 Å². The van der Waals surface area contributed by atoms with Crippen molar-refractivity contribution in [3.05, 3.63) is 64.4 Å². The van der Waals surface area contributed by atoms with Crippen molar-refractivity contribution < 1.29 is 9.59 Å². The number of aryl methyl sites for hydroxylation is 1. The number of aromatic nitrogens is 1. The van der Waals surface area contributed by atoms with Gasteiger partial charge in [0.25, 0.3) is 5.91 Å². The lowest BCUT2D eigenvalue weighted by molar-refractivity contribution is 0.0645. The number of benzene rings is 1. The predicted octanol–water partition coefficient (Wildman–Crippen LogP) is 4.03. The average molecular weight is 357 g/mol. The molecule has 1 aromatic carbocycles. The molecule has 2 heterocycles. The Morgan fingerprint density at radius 2 is 1.80 bits per heavy atom. The number of likely N-dealkylation sites (tertiary alicyclic amines) is 1. The van der Waals surface area contributed by atoms with Crippen LogP contribution in [0.25, 0.3) is 0 Å². The van der Waals surface area contributed by atoms with E-state index in [9.17, 15) is 9.59 Å². The van der Waals surface area contributed by atoms with Gasteiger partial charge in [-0.05, 0) is 55.2 Å². The second kappa shape index (κ2) is 7.79. The molecule has 1 saturated heterocycles. The van der Waals surface area contributed by atoms with Gasteiger partial charge in [-0.1, -0.05) is 24.6 Å². The first-order valence-corrected chi connectivity index (χ1v) is 9.00. The minimum Gasteiger partial charge on any atom is -0.337 e. The highest BCUT2D eigenvalue weighted by molar-refractivity contribution is 6.30. The summed E-state index contributed by atoms with van der Waals surface area (Å²) in [7, 11) is 0. The number of piperidine rings is 1. The Hall–Kier alpha value is -2.20. The lowest BCUT2D eigenvalue weighted by Crippen LogP contribution is -2.40. The van der Waals surface area contributed by atoms with Crippen LogP contribution in [0.4, 0.5) is 0 Å². The van der Waals surface area contributed by atoms with Crippen LogP contribution in [0.1, 0.15) is 46.2 Å². The number of amides is 1. The van der Waals surface area contributed by atoms with Crippen LogP contribution >= 0.6 is 11.6 Å². The van der Waals surface area contributed by atoms with Crippen LogP contribution < -0.4 is 0 Å². The quantitative estimate of drug-likeness (QED) is 0.777. The van der Waals surface area contributed by atoms with Crippen molar-refractivity contribution in [2.75, 3.05) is 13.1 Å². The van der Waals surface area contributed by atoms with Crippen LogP contribution in [0.3, 0.4) is 0 Å². The third kappa shape index (κ3) is 4.07. The van der Waals surface area contributed by atoms with E-state index in [-0.39, 0.29) is 17.6 Å². The Morgan fingerprint density at radius 1 is 1.12 bits per heavy atom. The normalized spacial score (nSPS) is 15.2. The number of Topliss-reactive ketones (excluding diaryl/α,β-unsaturated/α-hetero) is 1. The molecule has 0 bridgehead atoms. The molecule has 3 rings (SSSR count). The van der Waals surface area contributed by atoms with Crippen LogP contribution in [0.15, 0.2) is 42.6 Å². The zero-order valence-corrected chi connectivity index (χ0v) is 15.0. The maximum absolute atomic E-state index is 12.6. The molecule has 1 aliphatic rings. The van der Waals surface area contributed by atoms with Crippen LogP contribution in [0, 0.1) is 5.92 Å². The predicted molar refractivity (Wildman–Crippen MR) is 98.0 cm³/mol. The van der Waals surface area contributed by atoms with E-state index in [4.69, 9.17) is 11.6 Å². The first-order valence-electron chi connectivity index (χ1n) is 8.62. The number of ketones is 1. The molecule has 5 heteroatoms. The second-order valence-electron chi connectivity index (χ2n) is 6.34. The van der Waals surface area contributed by atoms with Gasteiger partial charge in [-0.3, -0.25) is 14.6 Å². The lowest BCUT2D eigenvalue weighted by Gasteiger charge is -2.31.